The van der Waals surface area contributed by atoms with Crippen LogP contribution >= 0.6 is 0 Å². The molecule has 0 unspecified atom stereocenters. The van der Waals surface area contributed by atoms with Gasteiger partial charge >= 0.3 is 0 Å². The van der Waals surface area contributed by atoms with Crippen molar-refractivity contribution >= 4 is 16.8 Å². The van der Waals surface area contributed by atoms with E-state index in [1.54, 1.807) is 13.0 Å². The van der Waals surface area contributed by atoms with Crippen molar-refractivity contribution < 1.29 is 9.18 Å². The molecule has 1 aromatic carbocycles. The maximum Gasteiger partial charge on any atom is 0.268 e. The number of aryl methyl sites for hydroxylation is 1. The standard InChI is InChI=1S/C21H22FN3O2/c1-10-8-12(21(3,4)5)11(2)18(22)16(10)14-9-15(26)17-13(25-14)6-7-24-19(17)20(23)27/h6-9H,1-5H3,(H2,23,27)(H,25,26). The van der Waals surface area contributed by atoms with E-state index >= 15 is 4.39 Å². The molecule has 0 spiro atoms. The summed E-state index contributed by atoms with van der Waals surface area (Å²) in [5.41, 5.74) is 7.86. The first-order valence-corrected chi connectivity index (χ1v) is 8.64. The van der Waals surface area contributed by atoms with Crippen LogP contribution in [-0.2, 0) is 5.41 Å². The quantitative estimate of drug-likeness (QED) is 0.723. The van der Waals surface area contributed by atoms with E-state index in [0.717, 1.165) is 11.1 Å². The number of nitrogens with two attached hydrogens (primary N) is 1. The molecule has 2 heterocycles. The Morgan fingerprint density at radius 2 is 1.89 bits per heavy atom. The van der Waals surface area contributed by atoms with Gasteiger partial charge in [-0.3, -0.25) is 14.6 Å². The highest BCUT2D eigenvalue weighted by Crippen LogP contribution is 2.35. The molecular weight excluding hydrogens is 345 g/mol. The molecule has 3 aromatic rings. The number of carbonyl (C=O) groups excluding carboxylic acids is 1. The van der Waals surface area contributed by atoms with Gasteiger partial charge in [-0.25, -0.2) is 4.39 Å². The average Bonchev–Trinajstić information content (AvgIpc) is 2.56. The maximum atomic E-state index is 15.3. The molecule has 2 aromatic heterocycles. The van der Waals surface area contributed by atoms with Gasteiger partial charge in [0.1, 0.15) is 11.5 Å². The molecule has 3 N–H and O–H groups in total. The van der Waals surface area contributed by atoms with E-state index in [0.29, 0.717) is 22.3 Å². The zero-order chi connectivity index (χ0) is 20.1. The number of rotatable bonds is 2. The second-order valence-electron chi connectivity index (χ2n) is 7.80. The fourth-order valence-corrected chi connectivity index (χ4v) is 3.51. The molecule has 0 saturated carbocycles. The van der Waals surface area contributed by atoms with Crippen LogP contribution in [0.5, 0.6) is 0 Å². The van der Waals surface area contributed by atoms with Gasteiger partial charge in [0.2, 0.25) is 0 Å². The number of carbonyl (C=O) groups is 1. The van der Waals surface area contributed by atoms with Crippen molar-refractivity contribution in [2.24, 2.45) is 5.73 Å². The number of hydrogen-bond donors (Lipinski definition) is 2. The SMILES string of the molecule is Cc1cc(C(C)(C)C)c(C)c(F)c1-c1cc(=O)c2c(C(N)=O)nccc2[nH]1. The first-order valence-electron chi connectivity index (χ1n) is 8.64. The van der Waals surface area contributed by atoms with E-state index in [-0.39, 0.29) is 22.3 Å². The molecule has 6 heteroatoms. The summed E-state index contributed by atoms with van der Waals surface area (Å²) in [6, 6.07) is 4.81. The minimum Gasteiger partial charge on any atom is -0.364 e. The minimum absolute atomic E-state index is 0.100. The van der Waals surface area contributed by atoms with E-state index in [2.05, 4.69) is 9.97 Å². The van der Waals surface area contributed by atoms with Gasteiger partial charge in [-0.2, -0.15) is 0 Å². The van der Waals surface area contributed by atoms with Gasteiger partial charge in [-0.05, 0) is 42.0 Å². The van der Waals surface area contributed by atoms with Crippen LogP contribution in [0.25, 0.3) is 22.2 Å². The molecule has 1 amide bonds. The van der Waals surface area contributed by atoms with E-state index < -0.39 is 11.3 Å². The number of aromatic amines is 1. The Morgan fingerprint density at radius 1 is 1.22 bits per heavy atom. The van der Waals surface area contributed by atoms with Crippen LogP contribution in [0, 0.1) is 19.7 Å². The molecule has 27 heavy (non-hydrogen) atoms. The Bertz CT molecular complexity index is 1140. The van der Waals surface area contributed by atoms with E-state index in [1.807, 2.05) is 33.8 Å². The zero-order valence-electron chi connectivity index (χ0n) is 16.0. The molecule has 0 aliphatic rings. The summed E-state index contributed by atoms with van der Waals surface area (Å²) in [5, 5.41) is 0.106. The van der Waals surface area contributed by atoms with Gasteiger partial charge in [-0.1, -0.05) is 26.8 Å². The van der Waals surface area contributed by atoms with Crippen LogP contribution in [0.4, 0.5) is 4.39 Å². The molecule has 0 saturated heterocycles. The number of nitrogens with one attached hydrogen (secondary N) is 1. The molecule has 0 atom stereocenters. The molecule has 3 rings (SSSR count). The van der Waals surface area contributed by atoms with E-state index in [1.165, 1.54) is 12.3 Å². The van der Waals surface area contributed by atoms with E-state index in [9.17, 15) is 9.59 Å². The number of halogens is 1. The highest BCUT2D eigenvalue weighted by Gasteiger charge is 2.23. The second kappa shape index (κ2) is 6.30. The summed E-state index contributed by atoms with van der Waals surface area (Å²) < 4.78 is 15.3. The van der Waals surface area contributed by atoms with Gasteiger partial charge in [0, 0.05) is 17.8 Å². The highest BCUT2D eigenvalue weighted by atomic mass is 19.1. The highest BCUT2D eigenvalue weighted by molar-refractivity contribution is 6.03. The molecule has 0 fully saturated rings. The molecule has 0 radical (unpaired) electrons. The van der Waals surface area contributed by atoms with Crippen molar-refractivity contribution in [2.45, 2.75) is 40.0 Å². The predicted octanol–water partition coefficient (Wildman–Crippen LogP) is 3.74. The van der Waals surface area contributed by atoms with Gasteiger partial charge in [0.05, 0.1) is 16.6 Å². The van der Waals surface area contributed by atoms with Crippen molar-refractivity contribution in [3.63, 3.8) is 0 Å². The fourth-order valence-electron chi connectivity index (χ4n) is 3.51. The lowest BCUT2D eigenvalue weighted by atomic mass is 9.81. The summed E-state index contributed by atoms with van der Waals surface area (Å²) in [7, 11) is 0. The topological polar surface area (TPSA) is 88.8 Å². The van der Waals surface area contributed by atoms with Crippen molar-refractivity contribution in [3.8, 4) is 11.3 Å². The number of aromatic nitrogens is 2. The number of pyridine rings is 2. The van der Waals surface area contributed by atoms with Crippen molar-refractivity contribution in [1.82, 2.24) is 9.97 Å². The van der Waals surface area contributed by atoms with Gasteiger partial charge < -0.3 is 10.7 Å². The van der Waals surface area contributed by atoms with Gasteiger partial charge in [0.25, 0.3) is 5.91 Å². The smallest absolute Gasteiger partial charge is 0.268 e. The number of hydrogen-bond acceptors (Lipinski definition) is 3. The molecule has 0 aliphatic heterocycles. The molecular formula is C21H22FN3O2. The normalized spacial score (nSPS) is 11.8. The average molecular weight is 367 g/mol. The third-order valence-corrected chi connectivity index (χ3v) is 4.76. The van der Waals surface area contributed by atoms with Crippen LogP contribution in [0.1, 0.15) is 48.0 Å². The van der Waals surface area contributed by atoms with Crippen LogP contribution in [0.3, 0.4) is 0 Å². The van der Waals surface area contributed by atoms with Crippen LogP contribution in [0.2, 0.25) is 0 Å². The summed E-state index contributed by atoms with van der Waals surface area (Å²) >= 11 is 0. The van der Waals surface area contributed by atoms with E-state index in [4.69, 9.17) is 5.73 Å². The number of nitrogens with zero attached hydrogens (tertiary/aromatic N) is 1. The van der Waals surface area contributed by atoms with Crippen LogP contribution in [-0.4, -0.2) is 15.9 Å². The third kappa shape index (κ3) is 3.12. The lowest BCUT2D eigenvalue weighted by molar-refractivity contribution is 0.0997. The Morgan fingerprint density at radius 3 is 2.48 bits per heavy atom. The maximum absolute atomic E-state index is 15.3. The second-order valence-corrected chi connectivity index (χ2v) is 7.80. The summed E-state index contributed by atoms with van der Waals surface area (Å²) in [4.78, 5) is 31.1. The molecule has 0 bridgehead atoms. The van der Waals surface area contributed by atoms with Crippen LogP contribution in [0.15, 0.2) is 29.2 Å². The largest absolute Gasteiger partial charge is 0.364 e. The van der Waals surface area contributed by atoms with Gasteiger partial charge in [0.15, 0.2) is 5.43 Å². The number of amides is 1. The summed E-state index contributed by atoms with van der Waals surface area (Å²) in [5.74, 6) is -1.15. The lowest BCUT2D eigenvalue weighted by Gasteiger charge is -2.24. The summed E-state index contributed by atoms with van der Waals surface area (Å²) in [6.45, 7) is 9.66. The lowest BCUT2D eigenvalue weighted by Crippen LogP contribution is -2.18. The predicted molar refractivity (Wildman–Crippen MR) is 104 cm³/mol. The van der Waals surface area contributed by atoms with Gasteiger partial charge in [-0.15, -0.1) is 0 Å². The Kier molecular flexibility index (Phi) is 4.38. The Balaban J connectivity index is 2.33. The Labute approximate surface area is 156 Å². The van der Waals surface area contributed by atoms with Crippen molar-refractivity contribution in [2.75, 3.05) is 0 Å². The first kappa shape index (κ1) is 18.8. The number of benzene rings is 1. The third-order valence-electron chi connectivity index (χ3n) is 4.76. The molecule has 0 aliphatic carbocycles. The molecule has 5 nitrogen and oxygen atoms in total. The van der Waals surface area contributed by atoms with Crippen LogP contribution < -0.4 is 11.2 Å². The minimum atomic E-state index is -0.786. The Hall–Kier alpha value is -3.02. The monoisotopic (exact) mass is 367 g/mol. The van der Waals surface area contributed by atoms with Crippen molar-refractivity contribution in [3.05, 3.63) is 62.8 Å². The number of fused-ring (bicyclic) bond motifs is 1. The number of H-pyrrole nitrogens is 1. The summed E-state index contributed by atoms with van der Waals surface area (Å²) in [6.07, 6.45) is 1.39. The fraction of sp³-hybridized carbons (Fsp3) is 0.286. The first-order chi connectivity index (χ1) is 12.5. The molecule has 140 valence electrons. The van der Waals surface area contributed by atoms with Crippen molar-refractivity contribution in [1.29, 1.82) is 0 Å². The number of primary amides is 1. The zero-order valence-corrected chi connectivity index (χ0v) is 16.0.